The van der Waals surface area contributed by atoms with Crippen LogP contribution in [0.5, 0.6) is 17.2 Å². The number of thiophene rings is 1. The van der Waals surface area contributed by atoms with E-state index in [9.17, 15) is 4.39 Å². The molecular weight excluding hydrogens is 524 g/mol. The van der Waals surface area contributed by atoms with Crippen molar-refractivity contribution in [3.63, 3.8) is 0 Å². The van der Waals surface area contributed by atoms with Gasteiger partial charge in [0.25, 0.3) is 0 Å². The third-order valence-corrected chi connectivity index (χ3v) is 7.48. The molecule has 39 heavy (non-hydrogen) atoms. The number of ether oxygens (including phenoxy) is 3. The van der Waals surface area contributed by atoms with Crippen molar-refractivity contribution in [2.75, 3.05) is 18.9 Å². The summed E-state index contributed by atoms with van der Waals surface area (Å²) in [7, 11) is 0. The quantitative estimate of drug-likeness (QED) is 0.249. The summed E-state index contributed by atoms with van der Waals surface area (Å²) in [6.45, 7) is 3.56. The van der Waals surface area contributed by atoms with Gasteiger partial charge >= 0.3 is 0 Å². The molecule has 0 bridgehead atoms. The summed E-state index contributed by atoms with van der Waals surface area (Å²) in [6.07, 6.45) is 2.97. The summed E-state index contributed by atoms with van der Waals surface area (Å²) in [5.74, 6) is -0.597. The zero-order valence-electron chi connectivity index (χ0n) is 21.1. The van der Waals surface area contributed by atoms with E-state index in [-0.39, 0.29) is 29.1 Å². The topological polar surface area (TPSA) is 97.3 Å². The first-order chi connectivity index (χ1) is 18.9. The highest BCUT2D eigenvalue weighted by molar-refractivity contribution is 7.11. The van der Waals surface area contributed by atoms with Crippen LogP contribution in [0, 0.1) is 18.6 Å². The summed E-state index contributed by atoms with van der Waals surface area (Å²) in [6, 6.07) is 12.5. The lowest BCUT2D eigenvalue weighted by molar-refractivity contribution is 0.0674. The third-order valence-electron chi connectivity index (χ3n) is 6.51. The maximum atomic E-state index is 15.3. The van der Waals surface area contributed by atoms with Crippen LogP contribution in [-0.4, -0.2) is 33.0 Å². The molecule has 0 saturated carbocycles. The fourth-order valence-electron chi connectivity index (χ4n) is 4.64. The van der Waals surface area contributed by atoms with Crippen LogP contribution in [0.15, 0.2) is 54.9 Å². The molecule has 4 heterocycles. The van der Waals surface area contributed by atoms with Crippen molar-refractivity contribution in [1.29, 1.82) is 0 Å². The van der Waals surface area contributed by atoms with Crippen molar-refractivity contribution in [3.05, 3.63) is 76.2 Å². The standard InChI is InChI=1S/C28H25F2N5O3S/c1-16-2-4-22(39-16)14-37-20-11-18(29)12-21(13-20)38-24-5-3-17(10-23(24)30)26-25-27(31)32-15-33-28(25)35(34-26)19-6-8-36-9-7-19/h2-5,10-13,15,19H,6-9,14H2,1H3,(H2,31,32,33). The number of aryl methyl sites for hydroxylation is 1. The lowest BCUT2D eigenvalue weighted by atomic mass is 10.1. The molecule has 1 saturated heterocycles. The highest BCUT2D eigenvalue weighted by atomic mass is 32.1. The SMILES string of the molecule is Cc1ccc(COc2cc(F)cc(Oc3ccc(-c4nn(C5CCOCC5)c5ncnc(N)c45)cc3F)c2)s1. The molecule has 11 heteroatoms. The first-order valence-electron chi connectivity index (χ1n) is 12.5. The molecule has 0 aliphatic carbocycles. The normalized spacial score (nSPS) is 14.1. The molecule has 1 aliphatic heterocycles. The summed E-state index contributed by atoms with van der Waals surface area (Å²) in [4.78, 5) is 10.7. The Morgan fingerprint density at radius 3 is 2.64 bits per heavy atom. The largest absolute Gasteiger partial charge is 0.488 e. The number of anilines is 1. The monoisotopic (exact) mass is 549 g/mol. The number of hydrogen-bond donors (Lipinski definition) is 1. The summed E-state index contributed by atoms with van der Waals surface area (Å²) >= 11 is 1.60. The predicted molar refractivity (Wildman–Crippen MR) is 144 cm³/mol. The summed E-state index contributed by atoms with van der Waals surface area (Å²) in [5.41, 5.74) is 7.77. The highest BCUT2D eigenvalue weighted by Crippen LogP contribution is 2.36. The highest BCUT2D eigenvalue weighted by Gasteiger charge is 2.24. The Morgan fingerprint density at radius 1 is 1.05 bits per heavy atom. The van der Waals surface area contributed by atoms with Crippen molar-refractivity contribution in [2.45, 2.75) is 32.4 Å². The summed E-state index contributed by atoms with van der Waals surface area (Å²) < 4.78 is 48.3. The maximum Gasteiger partial charge on any atom is 0.166 e. The number of hydrogen-bond acceptors (Lipinski definition) is 8. The van der Waals surface area contributed by atoms with Crippen molar-refractivity contribution in [2.24, 2.45) is 0 Å². The van der Waals surface area contributed by atoms with Gasteiger partial charge in [-0.05, 0) is 50.1 Å². The van der Waals surface area contributed by atoms with Gasteiger partial charge in [-0.2, -0.15) is 5.10 Å². The van der Waals surface area contributed by atoms with Crippen LogP contribution < -0.4 is 15.2 Å². The van der Waals surface area contributed by atoms with Crippen LogP contribution in [0.4, 0.5) is 14.6 Å². The van der Waals surface area contributed by atoms with Gasteiger partial charge < -0.3 is 19.9 Å². The van der Waals surface area contributed by atoms with E-state index in [2.05, 4.69) is 9.97 Å². The van der Waals surface area contributed by atoms with Crippen LogP contribution in [-0.2, 0) is 11.3 Å². The van der Waals surface area contributed by atoms with Gasteiger partial charge in [-0.25, -0.2) is 23.4 Å². The molecule has 0 unspecified atom stereocenters. The second kappa shape index (κ2) is 10.6. The van der Waals surface area contributed by atoms with Crippen molar-refractivity contribution in [1.82, 2.24) is 19.7 Å². The number of nitrogen functional groups attached to an aromatic ring is 1. The van der Waals surface area contributed by atoms with Crippen molar-refractivity contribution in [3.8, 4) is 28.5 Å². The average molecular weight is 550 g/mol. The van der Waals surface area contributed by atoms with Gasteiger partial charge in [0, 0.05) is 46.7 Å². The zero-order valence-corrected chi connectivity index (χ0v) is 21.9. The fourth-order valence-corrected chi connectivity index (χ4v) is 5.44. The molecule has 0 spiro atoms. The Balaban J connectivity index is 1.27. The molecule has 3 aromatic heterocycles. The fraction of sp³-hybridized carbons (Fsp3) is 0.250. The molecule has 5 aromatic rings. The molecule has 2 aromatic carbocycles. The Kier molecular flexibility index (Phi) is 6.84. The van der Waals surface area contributed by atoms with Gasteiger partial charge in [-0.3, -0.25) is 0 Å². The van der Waals surface area contributed by atoms with Crippen LogP contribution in [0.3, 0.4) is 0 Å². The molecule has 6 rings (SSSR count). The number of benzene rings is 2. The Morgan fingerprint density at radius 2 is 1.87 bits per heavy atom. The molecule has 8 nitrogen and oxygen atoms in total. The molecular formula is C28H25F2N5O3S. The minimum absolute atomic E-state index is 0.0680. The van der Waals surface area contributed by atoms with Crippen molar-refractivity contribution < 1.29 is 23.0 Å². The van der Waals surface area contributed by atoms with Gasteiger partial charge in [0.05, 0.1) is 11.4 Å². The second-order valence-electron chi connectivity index (χ2n) is 9.27. The minimum Gasteiger partial charge on any atom is -0.488 e. The minimum atomic E-state index is -0.641. The smallest absolute Gasteiger partial charge is 0.166 e. The van der Waals surface area contributed by atoms with Gasteiger partial charge in [0.15, 0.2) is 17.2 Å². The number of fused-ring (bicyclic) bond motifs is 1. The van der Waals surface area contributed by atoms with Crippen LogP contribution >= 0.6 is 11.3 Å². The molecule has 200 valence electrons. The first-order valence-corrected chi connectivity index (χ1v) is 13.3. The average Bonchev–Trinajstić information content (AvgIpc) is 3.53. The van der Waals surface area contributed by atoms with Gasteiger partial charge in [-0.15, -0.1) is 11.3 Å². The van der Waals surface area contributed by atoms with E-state index in [1.807, 2.05) is 23.7 Å². The number of rotatable bonds is 7. The number of nitrogens with two attached hydrogens (primary N) is 1. The van der Waals surface area contributed by atoms with Crippen LogP contribution in [0.25, 0.3) is 22.3 Å². The van der Waals surface area contributed by atoms with Crippen molar-refractivity contribution >= 4 is 28.2 Å². The molecule has 0 radical (unpaired) electrons. The van der Waals surface area contributed by atoms with E-state index in [1.165, 1.54) is 36.7 Å². The number of aromatic nitrogens is 4. The molecule has 0 atom stereocenters. The van der Waals surface area contributed by atoms with E-state index in [0.717, 1.165) is 22.6 Å². The van der Waals surface area contributed by atoms with E-state index >= 15 is 4.39 Å². The number of nitrogens with zero attached hydrogens (tertiary/aromatic N) is 4. The summed E-state index contributed by atoms with van der Waals surface area (Å²) in [5, 5.41) is 5.33. The molecule has 2 N–H and O–H groups in total. The third kappa shape index (κ3) is 5.27. The zero-order chi connectivity index (χ0) is 26.9. The lowest BCUT2D eigenvalue weighted by Gasteiger charge is -2.22. The molecule has 1 fully saturated rings. The Labute approximate surface area is 227 Å². The second-order valence-corrected chi connectivity index (χ2v) is 10.6. The van der Waals surface area contributed by atoms with E-state index in [4.69, 9.17) is 25.0 Å². The van der Waals surface area contributed by atoms with Crippen LogP contribution in [0.2, 0.25) is 0 Å². The van der Waals surface area contributed by atoms with Gasteiger partial charge in [-0.1, -0.05) is 0 Å². The van der Waals surface area contributed by atoms with E-state index in [0.29, 0.717) is 42.1 Å². The Bertz CT molecular complexity index is 1650. The predicted octanol–water partition coefficient (Wildman–Crippen LogP) is 6.45. The first kappa shape index (κ1) is 25.2. The maximum absolute atomic E-state index is 15.3. The van der Waals surface area contributed by atoms with E-state index < -0.39 is 11.6 Å². The van der Waals surface area contributed by atoms with E-state index in [1.54, 1.807) is 17.4 Å². The lowest BCUT2D eigenvalue weighted by Crippen LogP contribution is -2.20. The molecule has 0 amide bonds. The van der Waals surface area contributed by atoms with Crippen LogP contribution in [0.1, 0.15) is 28.6 Å². The Hall–Kier alpha value is -4.09. The number of halogens is 2. The van der Waals surface area contributed by atoms with Gasteiger partial charge in [0.1, 0.15) is 41.8 Å². The molecule has 1 aliphatic rings. The van der Waals surface area contributed by atoms with Gasteiger partial charge in [0.2, 0.25) is 0 Å².